The van der Waals surface area contributed by atoms with Crippen molar-refractivity contribution in [1.29, 1.82) is 0 Å². The van der Waals surface area contributed by atoms with E-state index in [1.165, 1.54) is 0 Å². The first-order valence-corrected chi connectivity index (χ1v) is 3.72. The summed E-state index contributed by atoms with van der Waals surface area (Å²) in [6, 6.07) is 0. The zero-order valence-electron chi connectivity index (χ0n) is 6.16. The van der Waals surface area contributed by atoms with Crippen molar-refractivity contribution in [1.82, 2.24) is 0 Å². The molecule has 0 saturated carbocycles. The van der Waals surface area contributed by atoms with Gasteiger partial charge in [-0.15, -0.1) is 0 Å². The quantitative estimate of drug-likeness (QED) is 0.572. The van der Waals surface area contributed by atoms with Gasteiger partial charge in [0.05, 0.1) is 24.9 Å². The molecule has 0 spiro atoms. The van der Waals surface area contributed by atoms with E-state index >= 15 is 0 Å². The lowest BCUT2D eigenvalue weighted by Gasteiger charge is -2.10. The molecular formula is C7H14O3. The summed E-state index contributed by atoms with van der Waals surface area (Å²) < 4.78 is 5.27. The second kappa shape index (κ2) is 3.32. The van der Waals surface area contributed by atoms with Crippen LogP contribution >= 0.6 is 0 Å². The van der Waals surface area contributed by atoms with E-state index in [-0.39, 0.29) is 24.9 Å². The topological polar surface area (TPSA) is 49.7 Å². The molecule has 1 aliphatic rings. The highest BCUT2D eigenvalue weighted by atomic mass is 16.5. The zero-order chi connectivity index (χ0) is 7.56. The van der Waals surface area contributed by atoms with Gasteiger partial charge in [-0.05, 0) is 6.42 Å². The summed E-state index contributed by atoms with van der Waals surface area (Å²) in [7, 11) is 0. The number of ether oxygens (including phenoxy) is 1. The number of rotatable bonds is 2. The Morgan fingerprint density at radius 1 is 1.60 bits per heavy atom. The highest BCUT2D eigenvalue weighted by Crippen LogP contribution is 2.21. The largest absolute Gasteiger partial charge is 0.394 e. The molecule has 3 unspecified atom stereocenters. The minimum atomic E-state index is -0.373. The predicted molar refractivity (Wildman–Crippen MR) is 36.7 cm³/mol. The van der Waals surface area contributed by atoms with E-state index in [0.717, 1.165) is 6.42 Å². The molecule has 60 valence electrons. The van der Waals surface area contributed by atoms with Crippen LogP contribution in [0, 0.1) is 0 Å². The smallest absolute Gasteiger partial charge is 0.0837 e. The maximum absolute atomic E-state index is 9.25. The molecule has 0 aromatic carbocycles. The molecule has 0 amide bonds. The molecule has 3 nitrogen and oxygen atoms in total. The van der Waals surface area contributed by atoms with Crippen molar-refractivity contribution < 1.29 is 14.9 Å². The fourth-order valence-corrected chi connectivity index (χ4v) is 1.30. The van der Waals surface area contributed by atoms with Crippen LogP contribution in [0.3, 0.4) is 0 Å². The van der Waals surface area contributed by atoms with Gasteiger partial charge in [0.1, 0.15) is 0 Å². The minimum Gasteiger partial charge on any atom is -0.394 e. The lowest BCUT2D eigenvalue weighted by molar-refractivity contribution is -0.0108. The molecule has 0 aromatic heterocycles. The van der Waals surface area contributed by atoms with Gasteiger partial charge in [0, 0.05) is 6.42 Å². The van der Waals surface area contributed by atoms with Gasteiger partial charge in [-0.3, -0.25) is 0 Å². The van der Waals surface area contributed by atoms with Crippen LogP contribution in [0.4, 0.5) is 0 Å². The van der Waals surface area contributed by atoms with E-state index in [1.54, 1.807) is 0 Å². The summed E-state index contributed by atoms with van der Waals surface area (Å²) in [4.78, 5) is 0. The van der Waals surface area contributed by atoms with Crippen LogP contribution in [0.2, 0.25) is 0 Å². The van der Waals surface area contributed by atoms with Gasteiger partial charge in [0.25, 0.3) is 0 Å². The van der Waals surface area contributed by atoms with Crippen molar-refractivity contribution in [3.05, 3.63) is 0 Å². The van der Waals surface area contributed by atoms with E-state index < -0.39 is 0 Å². The summed E-state index contributed by atoms with van der Waals surface area (Å²) in [5.41, 5.74) is 0. The molecule has 0 radical (unpaired) electrons. The monoisotopic (exact) mass is 146 g/mol. The molecule has 1 heterocycles. The highest BCUT2D eigenvalue weighted by Gasteiger charge is 2.31. The summed E-state index contributed by atoms with van der Waals surface area (Å²) in [5.74, 6) is 0. The molecule has 1 rings (SSSR count). The second-order valence-electron chi connectivity index (χ2n) is 2.69. The Balaban J connectivity index is 2.36. The van der Waals surface area contributed by atoms with Gasteiger partial charge >= 0.3 is 0 Å². The molecule has 10 heavy (non-hydrogen) atoms. The Morgan fingerprint density at radius 3 is 2.60 bits per heavy atom. The summed E-state index contributed by atoms with van der Waals surface area (Å²) >= 11 is 0. The van der Waals surface area contributed by atoms with Crippen molar-refractivity contribution in [2.24, 2.45) is 0 Å². The first-order valence-electron chi connectivity index (χ1n) is 3.72. The fraction of sp³-hybridized carbons (Fsp3) is 1.00. The average Bonchev–Trinajstić information content (AvgIpc) is 2.30. The molecular weight excluding hydrogens is 132 g/mol. The van der Waals surface area contributed by atoms with Crippen LogP contribution < -0.4 is 0 Å². The Hall–Kier alpha value is -0.120. The van der Waals surface area contributed by atoms with Gasteiger partial charge in [0.15, 0.2) is 0 Å². The molecule has 1 fully saturated rings. The van der Waals surface area contributed by atoms with Gasteiger partial charge in [-0.1, -0.05) is 6.92 Å². The molecule has 3 heteroatoms. The normalized spacial score (nSPS) is 40.5. The zero-order valence-corrected chi connectivity index (χ0v) is 6.16. The standard InChI is InChI=1S/C7H14O3/c1-2-7-6(9)3-5(4-8)10-7/h5-9H,2-4H2,1H3. The molecule has 3 atom stereocenters. The maximum atomic E-state index is 9.25. The molecule has 0 bridgehead atoms. The Morgan fingerprint density at radius 2 is 2.30 bits per heavy atom. The number of hydrogen-bond donors (Lipinski definition) is 2. The van der Waals surface area contributed by atoms with Crippen LogP contribution in [0.1, 0.15) is 19.8 Å². The van der Waals surface area contributed by atoms with Crippen molar-refractivity contribution in [2.45, 2.75) is 38.1 Å². The van der Waals surface area contributed by atoms with Crippen LogP contribution in [-0.2, 0) is 4.74 Å². The van der Waals surface area contributed by atoms with Crippen molar-refractivity contribution in [3.63, 3.8) is 0 Å². The third-order valence-electron chi connectivity index (χ3n) is 1.91. The molecule has 1 aliphatic heterocycles. The third-order valence-corrected chi connectivity index (χ3v) is 1.91. The molecule has 0 aromatic rings. The molecule has 2 N–H and O–H groups in total. The molecule has 0 aliphatic carbocycles. The Kier molecular flexibility index (Phi) is 2.65. The number of hydrogen-bond acceptors (Lipinski definition) is 3. The van der Waals surface area contributed by atoms with E-state index in [9.17, 15) is 5.11 Å². The lowest BCUT2D eigenvalue weighted by atomic mass is 10.1. The van der Waals surface area contributed by atoms with Gasteiger partial charge in [-0.2, -0.15) is 0 Å². The number of aliphatic hydroxyl groups is 2. The van der Waals surface area contributed by atoms with Gasteiger partial charge in [0.2, 0.25) is 0 Å². The van der Waals surface area contributed by atoms with Crippen LogP contribution in [-0.4, -0.2) is 35.1 Å². The Labute approximate surface area is 60.6 Å². The third kappa shape index (κ3) is 1.48. The van der Waals surface area contributed by atoms with E-state index in [0.29, 0.717) is 6.42 Å². The lowest BCUT2D eigenvalue weighted by Crippen LogP contribution is -2.19. The SMILES string of the molecule is CCC1OC(CO)CC1O. The summed E-state index contributed by atoms with van der Waals surface area (Å²) in [6.07, 6.45) is 0.825. The van der Waals surface area contributed by atoms with Crippen molar-refractivity contribution in [2.75, 3.05) is 6.61 Å². The van der Waals surface area contributed by atoms with Crippen molar-refractivity contribution >= 4 is 0 Å². The number of aliphatic hydroxyl groups excluding tert-OH is 2. The van der Waals surface area contributed by atoms with E-state index in [2.05, 4.69) is 0 Å². The maximum Gasteiger partial charge on any atom is 0.0837 e. The van der Waals surface area contributed by atoms with Crippen LogP contribution in [0.5, 0.6) is 0 Å². The predicted octanol–water partition coefficient (Wildman–Crippen LogP) is -0.0929. The first kappa shape index (κ1) is 7.98. The van der Waals surface area contributed by atoms with E-state index in [1.807, 2.05) is 6.92 Å². The minimum absolute atomic E-state index is 0.0214. The Bertz CT molecular complexity index is 105. The summed E-state index contributed by atoms with van der Waals surface area (Å²) in [6.45, 7) is 1.99. The van der Waals surface area contributed by atoms with Crippen LogP contribution in [0.15, 0.2) is 0 Å². The average molecular weight is 146 g/mol. The molecule has 1 saturated heterocycles. The van der Waals surface area contributed by atoms with Gasteiger partial charge < -0.3 is 14.9 Å². The fourth-order valence-electron chi connectivity index (χ4n) is 1.30. The van der Waals surface area contributed by atoms with Crippen LogP contribution in [0.25, 0.3) is 0 Å². The van der Waals surface area contributed by atoms with Gasteiger partial charge in [-0.25, -0.2) is 0 Å². The van der Waals surface area contributed by atoms with Crippen molar-refractivity contribution in [3.8, 4) is 0 Å². The highest BCUT2D eigenvalue weighted by molar-refractivity contribution is 4.80. The second-order valence-corrected chi connectivity index (χ2v) is 2.69. The first-order chi connectivity index (χ1) is 4.77. The summed E-state index contributed by atoms with van der Waals surface area (Å²) in [5, 5.41) is 17.9. The van der Waals surface area contributed by atoms with E-state index in [4.69, 9.17) is 9.84 Å².